The van der Waals surface area contributed by atoms with Gasteiger partial charge in [-0.2, -0.15) is 0 Å². The number of likely N-dealkylation sites (N-methyl/N-ethyl adjacent to an activating group) is 1. The van der Waals surface area contributed by atoms with Crippen molar-refractivity contribution < 1.29 is 9.53 Å². The topological polar surface area (TPSA) is 58.2 Å². The van der Waals surface area contributed by atoms with E-state index in [0.717, 1.165) is 16.6 Å². The first kappa shape index (κ1) is 11.9. The molecular formula is C13H11N3O2S. The van der Waals surface area contributed by atoms with Gasteiger partial charge < -0.3 is 9.72 Å². The fraction of sp³-hybridized carbons (Fsp3) is 0.154. The number of amides is 1. The SMILES string of the molecule is CCN1C(=O)/C(=C/c2c[nH]c3cccnc23)OC1=S. The van der Waals surface area contributed by atoms with Gasteiger partial charge in [0, 0.05) is 24.5 Å². The van der Waals surface area contributed by atoms with Crippen molar-refractivity contribution in [2.24, 2.45) is 0 Å². The fourth-order valence-electron chi connectivity index (χ4n) is 2.00. The molecule has 0 saturated carbocycles. The zero-order valence-corrected chi connectivity index (χ0v) is 11.0. The fourth-order valence-corrected chi connectivity index (χ4v) is 2.30. The summed E-state index contributed by atoms with van der Waals surface area (Å²) in [6.45, 7) is 2.35. The van der Waals surface area contributed by atoms with Crippen LogP contribution >= 0.6 is 12.2 Å². The van der Waals surface area contributed by atoms with E-state index in [4.69, 9.17) is 17.0 Å². The highest BCUT2D eigenvalue weighted by molar-refractivity contribution is 7.80. The van der Waals surface area contributed by atoms with Crippen LogP contribution in [0.25, 0.3) is 17.1 Å². The van der Waals surface area contributed by atoms with Gasteiger partial charge in [-0.05, 0) is 37.4 Å². The maximum Gasteiger partial charge on any atom is 0.297 e. The van der Waals surface area contributed by atoms with Gasteiger partial charge in [0.2, 0.25) is 0 Å². The second-order valence-corrected chi connectivity index (χ2v) is 4.42. The molecule has 5 nitrogen and oxygen atoms in total. The molecule has 1 aliphatic heterocycles. The van der Waals surface area contributed by atoms with Gasteiger partial charge in [-0.1, -0.05) is 0 Å². The summed E-state index contributed by atoms with van der Waals surface area (Å²) < 4.78 is 5.33. The van der Waals surface area contributed by atoms with Crippen molar-refractivity contribution in [3.8, 4) is 0 Å². The molecule has 0 spiro atoms. The number of nitrogens with zero attached hydrogens (tertiary/aromatic N) is 2. The van der Waals surface area contributed by atoms with Crippen LogP contribution in [-0.2, 0) is 9.53 Å². The number of carbonyl (C=O) groups is 1. The zero-order chi connectivity index (χ0) is 13.4. The summed E-state index contributed by atoms with van der Waals surface area (Å²) in [4.78, 5) is 20.8. The van der Waals surface area contributed by atoms with E-state index in [1.165, 1.54) is 4.90 Å². The Morgan fingerprint density at radius 3 is 3.16 bits per heavy atom. The number of ether oxygens (including phenoxy) is 1. The van der Waals surface area contributed by atoms with Gasteiger partial charge in [-0.25, -0.2) is 0 Å². The van der Waals surface area contributed by atoms with Crippen LogP contribution in [0.4, 0.5) is 0 Å². The molecule has 1 N–H and O–H groups in total. The molecule has 1 aliphatic rings. The molecular weight excluding hydrogens is 262 g/mol. The highest BCUT2D eigenvalue weighted by Crippen LogP contribution is 2.23. The highest BCUT2D eigenvalue weighted by atomic mass is 32.1. The summed E-state index contributed by atoms with van der Waals surface area (Å²) in [6.07, 6.45) is 5.16. The molecule has 0 aliphatic carbocycles. The van der Waals surface area contributed by atoms with Gasteiger partial charge in [-0.3, -0.25) is 14.7 Å². The first-order valence-electron chi connectivity index (χ1n) is 5.88. The van der Waals surface area contributed by atoms with Gasteiger partial charge in [0.25, 0.3) is 11.1 Å². The van der Waals surface area contributed by atoms with Crippen molar-refractivity contribution in [1.29, 1.82) is 0 Å². The first-order valence-corrected chi connectivity index (χ1v) is 6.29. The Balaban J connectivity index is 2.03. The van der Waals surface area contributed by atoms with E-state index in [2.05, 4.69) is 9.97 Å². The molecule has 0 bridgehead atoms. The number of H-pyrrole nitrogens is 1. The Bertz CT molecular complexity index is 705. The average Bonchev–Trinajstić information content (AvgIpc) is 2.93. The zero-order valence-electron chi connectivity index (χ0n) is 10.2. The molecule has 1 saturated heterocycles. The van der Waals surface area contributed by atoms with Crippen LogP contribution in [0.1, 0.15) is 12.5 Å². The smallest absolute Gasteiger partial charge is 0.297 e. The molecule has 6 heteroatoms. The molecule has 3 rings (SSSR count). The standard InChI is InChI=1S/C13H11N3O2S/c1-2-16-12(17)10(18-13(16)19)6-8-7-15-9-4-3-5-14-11(8)9/h3-7,15H,2H2,1H3/b10-6-. The number of rotatable bonds is 2. The van der Waals surface area contributed by atoms with Crippen LogP contribution in [0.5, 0.6) is 0 Å². The molecule has 3 heterocycles. The van der Waals surface area contributed by atoms with Crippen LogP contribution in [0, 0.1) is 0 Å². The van der Waals surface area contributed by atoms with E-state index in [1.807, 2.05) is 19.1 Å². The van der Waals surface area contributed by atoms with E-state index >= 15 is 0 Å². The summed E-state index contributed by atoms with van der Waals surface area (Å²) in [7, 11) is 0. The number of nitrogens with one attached hydrogen (secondary N) is 1. The van der Waals surface area contributed by atoms with Crippen LogP contribution < -0.4 is 0 Å². The third-order valence-electron chi connectivity index (χ3n) is 2.94. The molecule has 0 aromatic carbocycles. The number of hydrogen-bond acceptors (Lipinski definition) is 4. The van der Waals surface area contributed by atoms with E-state index in [1.54, 1.807) is 18.5 Å². The second kappa shape index (κ2) is 4.47. The molecule has 0 unspecified atom stereocenters. The Hall–Kier alpha value is -2.21. The average molecular weight is 273 g/mol. The lowest BCUT2D eigenvalue weighted by Crippen LogP contribution is -2.27. The van der Waals surface area contributed by atoms with Crippen molar-refractivity contribution in [3.05, 3.63) is 35.8 Å². The second-order valence-electron chi connectivity index (χ2n) is 4.07. The molecule has 2 aromatic heterocycles. The van der Waals surface area contributed by atoms with E-state index in [0.29, 0.717) is 6.54 Å². The maximum absolute atomic E-state index is 12.0. The van der Waals surface area contributed by atoms with E-state index in [-0.39, 0.29) is 16.8 Å². The minimum absolute atomic E-state index is 0.201. The third kappa shape index (κ3) is 1.90. The molecule has 0 radical (unpaired) electrons. The summed E-state index contributed by atoms with van der Waals surface area (Å²) in [6, 6.07) is 3.77. The van der Waals surface area contributed by atoms with Crippen molar-refractivity contribution in [2.45, 2.75) is 6.92 Å². The van der Waals surface area contributed by atoms with Crippen LogP contribution in [0.2, 0.25) is 0 Å². The van der Waals surface area contributed by atoms with E-state index < -0.39 is 0 Å². The van der Waals surface area contributed by atoms with Gasteiger partial charge in [-0.15, -0.1) is 0 Å². The van der Waals surface area contributed by atoms with Gasteiger partial charge in [0.05, 0.1) is 11.0 Å². The minimum atomic E-state index is -0.210. The Labute approximate surface area is 114 Å². The predicted octanol–water partition coefficient (Wildman–Crippen LogP) is 2.07. The minimum Gasteiger partial charge on any atom is -0.426 e. The Morgan fingerprint density at radius 1 is 1.58 bits per heavy atom. The highest BCUT2D eigenvalue weighted by Gasteiger charge is 2.32. The van der Waals surface area contributed by atoms with Crippen molar-refractivity contribution in [2.75, 3.05) is 6.54 Å². The predicted molar refractivity (Wildman–Crippen MR) is 75.1 cm³/mol. The number of fused-ring (bicyclic) bond motifs is 1. The number of carbonyl (C=O) groups excluding carboxylic acids is 1. The molecule has 19 heavy (non-hydrogen) atoms. The van der Waals surface area contributed by atoms with Gasteiger partial charge in [0.15, 0.2) is 5.76 Å². The monoisotopic (exact) mass is 273 g/mol. The van der Waals surface area contributed by atoms with E-state index in [9.17, 15) is 4.79 Å². The number of thiocarbonyl (C=S) groups is 1. The number of aromatic nitrogens is 2. The molecule has 0 atom stereocenters. The van der Waals surface area contributed by atoms with Gasteiger partial charge in [0.1, 0.15) is 0 Å². The lowest BCUT2D eigenvalue weighted by atomic mass is 10.2. The number of pyridine rings is 1. The third-order valence-corrected chi connectivity index (χ3v) is 3.24. The van der Waals surface area contributed by atoms with Gasteiger partial charge >= 0.3 is 0 Å². The van der Waals surface area contributed by atoms with Crippen molar-refractivity contribution >= 4 is 40.4 Å². The summed E-state index contributed by atoms with van der Waals surface area (Å²) in [5.41, 5.74) is 2.52. The first-order chi connectivity index (χ1) is 9.20. The number of aromatic amines is 1. The molecule has 2 aromatic rings. The number of hydrogen-bond donors (Lipinski definition) is 1. The summed E-state index contributed by atoms with van der Waals surface area (Å²) in [5.74, 6) is 0.0242. The Kier molecular flexibility index (Phi) is 2.79. The van der Waals surface area contributed by atoms with Crippen molar-refractivity contribution in [3.63, 3.8) is 0 Å². The Morgan fingerprint density at radius 2 is 2.42 bits per heavy atom. The van der Waals surface area contributed by atoms with Crippen molar-refractivity contribution in [1.82, 2.24) is 14.9 Å². The van der Waals surface area contributed by atoms with Crippen LogP contribution in [0.3, 0.4) is 0 Å². The maximum atomic E-state index is 12.0. The normalized spacial score (nSPS) is 17.5. The summed E-state index contributed by atoms with van der Waals surface area (Å²) >= 11 is 5.00. The molecule has 96 valence electrons. The summed E-state index contributed by atoms with van der Waals surface area (Å²) in [5, 5.41) is 0.201. The van der Waals surface area contributed by atoms with Crippen LogP contribution in [0.15, 0.2) is 30.3 Å². The van der Waals surface area contributed by atoms with Crippen LogP contribution in [-0.4, -0.2) is 32.5 Å². The molecule has 1 amide bonds. The quantitative estimate of drug-likeness (QED) is 0.672. The largest absolute Gasteiger partial charge is 0.426 e. The lowest BCUT2D eigenvalue weighted by Gasteiger charge is -2.06. The molecule has 1 fully saturated rings. The lowest BCUT2D eigenvalue weighted by molar-refractivity contribution is -0.122.